The van der Waals surface area contributed by atoms with Gasteiger partial charge in [-0.05, 0) is 37.5 Å². The third-order valence-corrected chi connectivity index (χ3v) is 3.65. The number of rotatable bonds is 2. The number of anilines is 1. The average Bonchev–Trinajstić information content (AvgIpc) is 2.42. The Hall–Kier alpha value is -2.04. The molecule has 0 bridgehead atoms. The first kappa shape index (κ1) is 14.4. The van der Waals surface area contributed by atoms with E-state index in [-0.39, 0.29) is 23.5 Å². The van der Waals surface area contributed by atoms with Crippen LogP contribution in [0.25, 0.3) is 0 Å². The molecule has 2 amide bonds. The van der Waals surface area contributed by atoms with Gasteiger partial charge in [-0.15, -0.1) is 0 Å². The number of carbonyl (C=O) groups excluding carboxylic acids is 2. The molecule has 2 rings (SSSR count). The van der Waals surface area contributed by atoms with E-state index in [1.54, 1.807) is 17.0 Å². The number of aryl methyl sites for hydroxylation is 1. The van der Waals surface area contributed by atoms with Gasteiger partial charge < -0.3 is 15.3 Å². The Morgan fingerprint density at radius 1 is 1.40 bits per heavy atom. The molecule has 5 nitrogen and oxygen atoms in total. The third kappa shape index (κ3) is 3.29. The minimum absolute atomic E-state index is 0.000633. The topological polar surface area (TPSA) is 69.6 Å². The molecule has 1 aromatic rings. The quantitative estimate of drug-likeness (QED) is 0.810. The first-order chi connectivity index (χ1) is 9.47. The molecule has 0 spiro atoms. The van der Waals surface area contributed by atoms with Gasteiger partial charge in [-0.2, -0.15) is 0 Å². The van der Waals surface area contributed by atoms with Crippen LogP contribution >= 0.6 is 0 Å². The monoisotopic (exact) mass is 276 g/mol. The largest absolute Gasteiger partial charge is 0.506 e. The molecule has 1 fully saturated rings. The van der Waals surface area contributed by atoms with Crippen LogP contribution in [0.5, 0.6) is 5.75 Å². The van der Waals surface area contributed by atoms with Crippen molar-refractivity contribution in [2.75, 3.05) is 18.4 Å². The van der Waals surface area contributed by atoms with Gasteiger partial charge in [0.1, 0.15) is 5.75 Å². The number of phenolic OH excluding ortho intramolecular Hbond substituents is 1. The van der Waals surface area contributed by atoms with E-state index in [0.29, 0.717) is 12.2 Å². The fraction of sp³-hybridized carbons (Fsp3) is 0.467. The molecule has 1 saturated heterocycles. The van der Waals surface area contributed by atoms with Crippen LogP contribution in [0.2, 0.25) is 0 Å². The Morgan fingerprint density at radius 3 is 2.80 bits per heavy atom. The van der Waals surface area contributed by atoms with E-state index in [1.165, 1.54) is 6.92 Å². The van der Waals surface area contributed by atoms with Crippen LogP contribution < -0.4 is 5.32 Å². The highest BCUT2D eigenvalue weighted by molar-refractivity contribution is 5.94. The number of benzene rings is 1. The van der Waals surface area contributed by atoms with Crippen molar-refractivity contribution in [2.45, 2.75) is 26.7 Å². The summed E-state index contributed by atoms with van der Waals surface area (Å²) in [6.45, 7) is 4.56. The standard InChI is InChI=1S/C15H20N2O3/c1-10-5-6-13(14(19)8-10)16-15(20)12-4-3-7-17(9-12)11(2)18/h5-6,8,12,19H,3-4,7,9H2,1-2H3,(H,16,20)/t12-/m1/s1. The number of likely N-dealkylation sites (tertiary alicyclic amines) is 1. The van der Waals surface area contributed by atoms with Gasteiger partial charge in [0.25, 0.3) is 0 Å². The molecule has 5 heteroatoms. The van der Waals surface area contributed by atoms with Crippen LogP contribution in [-0.2, 0) is 9.59 Å². The molecule has 1 heterocycles. The summed E-state index contributed by atoms with van der Waals surface area (Å²) in [6, 6.07) is 5.13. The lowest BCUT2D eigenvalue weighted by Gasteiger charge is -2.31. The maximum atomic E-state index is 12.2. The fourth-order valence-electron chi connectivity index (χ4n) is 2.46. The average molecular weight is 276 g/mol. The summed E-state index contributed by atoms with van der Waals surface area (Å²) >= 11 is 0. The number of aromatic hydroxyl groups is 1. The summed E-state index contributed by atoms with van der Waals surface area (Å²) in [5.74, 6) is -0.290. The van der Waals surface area contributed by atoms with Crippen LogP contribution in [-0.4, -0.2) is 34.9 Å². The van der Waals surface area contributed by atoms with Crippen molar-refractivity contribution in [3.63, 3.8) is 0 Å². The van der Waals surface area contributed by atoms with E-state index in [9.17, 15) is 14.7 Å². The van der Waals surface area contributed by atoms with Crippen LogP contribution in [0.4, 0.5) is 5.69 Å². The Bertz CT molecular complexity index is 528. The lowest BCUT2D eigenvalue weighted by Crippen LogP contribution is -2.42. The SMILES string of the molecule is CC(=O)N1CCC[C@@H](C(=O)Nc2ccc(C)cc2O)C1. The summed E-state index contributed by atoms with van der Waals surface area (Å²) in [6.07, 6.45) is 1.60. The first-order valence-electron chi connectivity index (χ1n) is 6.83. The summed E-state index contributed by atoms with van der Waals surface area (Å²) in [4.78, 5) is 25.3. The third-order valence-electron chi connectivity index (χ3n) is 3.65. The molecule has 108 valence electrons. The van der Waals surface area contributed by atoms with Gasteiger partial charge >= 0.3 is 0 Å². The molecule has 1 aliphatic rings. The minimum Gasteiger partial charge on any atom is -0.506 e. The lowest BCUT2D eigenvalue weighted by atomic mass is 9.97. The number of piperidine rings is 1. The highest BCUT2D eigenvalue weighted by atomic mass is 16.3. The number of nitrogens with zero attached hydrogens (tertiary/aromatic N) is 1. The molecular weight excluding hydrogens is 256 g/mol. The minimum atomic E-state index is -0.214. The van der Waals surface area contributed by atoms with E-state index in [4.69, 9.17) is 0 Å². The van der Waals surface area contributed by atoms with Crippen molar-refractivity contribution >= 4 is 17.5 Å². The van der Waals surface area contributed by atoms with Crippen molar-refractivity contribution in [2.24, 2.45) is 5.92 Å². The van der Waals surface area contributed by atoms with Gasteiger partial charge in [0.05, 0.1) is 11.6 Å². The molecule has 20 heavy (non-hydrogen) atoms. The molecule has 1 aliphatic heterocycles. The second kappa shape index (κ2) is 5.94. The second-order valence-electron chi connectivity index (χ2n) is 5.31. The van der Waals surface area contributed by atoms with E-state index < -0.39 is 0 Å². The van der Waals surface area contributed by atoms with Crippen molar-refractivity contribution in [1.82, 2.24) is 4.90 Å². The van der Waals surface area contributed by atoms with E-state index in [2.05, 4.69) is 5.32 Å². The Kier molecular flexibility index (Phi) is 4.27. The Balaban J connectivity index is 2.02. The van der Waals surface area contributed by atoms with Gasteiger partial charge in [-0.1, -0.05) is 6.07 Å². The van der Waals surface area contributed by atoms with Gasteiger partial charge in [0, 0.05) is 20.0 Å². The highest BCUT2D eigenvalue weighted by Crippen LogP contribution is 2.26. The summed E-state index contributed by atoms with van der Waals surface area (Å²) in [5, 5.41) is 12.5. The van der Waals surface area contributed by atoms with Crippen molar-refractivity contribution < 1.29 is 14.7 Å². The number of nitrogens with one attached hydrogen (secondary N) is 1. The second-order valence-corrected chi connectivity index (χ2v) is 5.31. The summed E-state index contributed by atoms with van der Waals surface area (Å²) in [5.41, 5.74) is 1.35. The number of hydrogen-bond acceptors (Lipinski definition) is 3. The maximum Gasteiger partial charge on any atom is 0.229 e. The van der Waals surface area contributed by atoms with Gasteiger partial charge in [-0.3, -0.25) is 9.59 Å². The Labute approximate surface area is 118 Å². The normalized spacial score (nSPS) is 18.7. The predicted octanol–water partition coefficient (Wildman–Crippen LogP) is 1.90. The van der Waals surface area contributed by atoms with Crippen LogP contribution in [0.3, 0.4) is 0 Å². The molecule has 0 aromatic heterocycles. The van der Waals surface area contributed by atoms with Gasteiger partial charge in [-0.25, -0.2) is 0 Å². The molecule has 1 atom stereocenters. The molecule has 2 N–H and O–H groups in total. The summed E-state index contributed by atoms with van der Waals surface area (Å²) < 4.78 is 0. The van der Waals surface area contributed by atoms with Gasteiger partial charge in [0.15, 0.2) is 0 Å². The molecule has 0 radical (unpaired) electrons. The highest BCUT2D eigenvalue weighted by Gasteiger charge is 2.27. The molecule has 0 saturated carbocycles. The number of carbonyl (C=O) groups is 2. The van der Waals surface area contributed by atoms with E-state index in [1.807, 2.05) is 13.0 Å². The van der Waals surface area contributed by atoms with Crippen LogP contribution in [0, 0.1) is 12.8 Å². The zero-order valence-corrected chi connectivity index (χ0v) is 11.8. The van der Waals surface area contributed by atoms with Gasteiger partial charge in [0.2, 0.25) is 11.8 Å². The number of amides is 2. The molecule has 0 aliphatic carbocycles. The van der Waals surface area contributed by atoms with Crippen molar-refractivity contribution in [3.8, 4) is 5.75 Å². The van der Waals surface area contributed by atoms with Crippen LogP contribution in [0.1, 0.15) is 25.3 Å². The zero-order valence-electron chi connectivity index (χ0n) is 11.8. The molecule has 1 aromatic carbocycles. The molecular formula is C15H20N2O3. The zero-order chi connectivity index (χ0) is 14.7. The van der Waals surface area contributed by atoms with Crippen molar-refractivity contribution in [1.29, 1.82) is 0 Å². The van der Waals surface area contributed by atoms with Crippen molar-refractivity contribution in [3.05, 3.63) is 23.8 Å². The lowest BCUT2D eigenvalue weighted by molar-refractivity contribution is -0.132. The summed E-state index contributed by atoms with van der Waals surface area (Å²) in [7, 11) is 0. The van der Waals surface area contributed by atoms with E-state index in [0.717, 1.165) is 24.9 Å². The van der Waals surface area contributed by atoms with E-state index >= 15 is 0 Å². The number of hydrogen-bond donors (Lipinski definition) is 2. The fourth-order valence-corrected chi connectivity index (χ4v) is 2.46. The number of phenols is 1. The van der Waals surface area contributed by atoms with Crippen LogP contribution in [0.15, 0.2) is 18.2 Å². The maximum absolute atomic E-state index is 12.2. The first-order valence-corrected chi connectivity index (χ1v) is 6.83. The smallest absolute Gasteiger partial charge is 0.229 e. The Morgan fingerprint density at radius 2 is 2.15 bits per heavy atom. The predicted molar refractivity (Wildman–Crippen MR) is 76.5 cm³/mol. The molecule has 0 unspecified atom stereocenters.